The van der Waals surface area contributed by atoms with Crippen molar-refractivity contribution in [2.45, 2.75) is 43.9 Å². The normalized spacial score (nSPS) is 30.5. The van der Waals surface area contributed by atoms with Crippen molar-refractivity contribution in [3.63, 3.8) is 0 Å². The van der Waals surface area contributed by atoms with Crippen LogP contribution in [0.25, 0.3) is 0 Å². The van der Waals surface area contributed by atoms with Crippen LogP contribution < -0.4 is 10.1 Å². The molecule has 1 aromatic heterocycles. The summed E-state index contributed by atoms with van der Waals surface area (Å²) >= 11 is 0. The second kappa shape index (κ2) is 5.95. The molecule has 2 aliphatic heterocycles. The van der Waals surface area contributed by atoms with Crippen molar-refractivity contribution < 1.29 is 14.6 Å². The zero-order valence-corrected chi connectivity index (χ0v) is 12.5. The van der Waals surface area contributed by atoms with E-state index >= 15 is 0 Å². The Bertz CT molecular complexity index is 590. The highest BCUT2D eigenvalue weighted by Crippen LogP contribution is 2.31. The first kappa shape index (κ1) is 14.1. The largest absolute Gasteiger partial charge is 0.469 e. The summed E-state index contributed by atoms with van der Waals surface area (Å²) in [6, 6.07) is 0.142. The summed E-state index contributed by atoms with van der Waals surface area (Å²) in [7, 11) is 0. The first-order valence-electron chi connectivity index (χ1n) is 8.02. The van der Waals surface area contributed by atoms with E-state index in [1.54, 1.807) is 0 Å². The molecule has 118 valence electrons. The number of hydrogen-bond donors (Lipinski definition) is 2. The van der Waals surface area contributed by atoms with E-state index in [4.69, 9.17) is 14.5 Å². The van der Waals surface area contributed by atoms with E-state index in [0.29, 0.717) is 19.1 Å². The minimum Gasteiger partial charge on any atom is -0.469 e. The average Bonchev–Trinajstić information content (AvgIpc) is 3.17. The number of fused-ring (bicyclic) bond motifs is 1. The molecule has 1 aliphatic carbocycles. The van der Waals surface area contributed by atoms with Gasteiger partial charge in [0, 0.05) is 12.1 Å². The van der Waals surface area contributed by atoms with Gasteiger partial charge in [0.15, 0.2) is 6.10 Å². The number of aryl methyl sites for hydroxylation is 1. The van der Waals surface area contributed by atoms with E-state index in [1.807, 2.05) is 0 Å². The van der Waals surface area contributed by atoms with Gasteiger partial charge in [-0.15, -0.1) is 0 Å². The van der Waals surface area contributed by atoms with Crippen LogP contribution in [0.5, 0.6) is 5.88 Å². The fourth-order valence-corrected chi connectivity index (χ4v) is 3.25. The fourth-order valence-electron chi connectivity index (χ4n) is 3.25. The molecule has 6 heteroatoms. The summed E-state index contributed by atoms with van der Waals surface area (Å²) < 4.78 is 11.3. The zero-order valence-electron chi connectivity index (χ0n) is 12.5. The van der Waals surface area contributed by atoms with E-state index in [2.05, 4.69) is 22.5 Å². The monoisotopic (exact) mass is 303 g/mol. The van der Waals surface area contributed by atoms with Gasteiger partial charge in [-0.1, -0.05) is 12.2 Å². The molecule has 22 heavy (non-hydrogen) atoms. The third kappa shape index (κ3) is 2.62. The van der Waals surface area contributed by atoms with Gasteiger partial charge < -0.3 is 19.9 Å². The summed E-state index contributed by atoms with van der Waals surface area (Å²) in [5.41, 5.74) is 2.21. The first-order valence-corrected chi connectivity index (χ1v) is 8.02. The molecule has 0 bridgehead atoms. The molecule has 1 aromatic rings. The molecule has 3 aliphatic rings. The standard InChI is InChI=1S/C16H21N3O3/c20-13-8-21-9-14(13)22-16-10-4-3-6-11(10)18-15(19-16)12-5-1-2-7-17-12/h1-2,12-14,17,20H,3-9H2. The molecular formula is C16H21N3O3. The summed E-state index contributed by atoms with van der Waals surface area (Å²) in [4.78, 5) is 9.42. The van der Waals surface area contributed by atoms with Crippen LogP contribution in [-0.2, 0) is 17.6 Å². The molecule has 3 atom stereocenters. The summed E-state index contributed by atoms with van der Waals surface area (Å²) in [6.45, 7) is 1.59. The number of aliphatic hydroxyl groups is 1. The van der Waals surface area contributed by atoms with Crippen LogP contribution in [0.2, 0.25) is 0 Å². The fraction of sp³-hybridized carbons (Fsp3) is 0.625. The first-order chi connectivity index (χ1) is 10.8. The van der Waals surface area contributed by atoms with E-state index in [0.717, 1.165) is 49.3 Å². The minimum absolute atomic E-state index is 0.142. The maximum absolute atomic E-state index is 9.90. The third-order valence-electron chi connectivity index (χ3n) is 4.51. The van der Waals surface area contributed by atoms with E-state index in [1.165, 1.54) is 0 Å². The van der Waals surface area contributed by atoms with Crippen LogP contribution in [0.4, 0.5) is 0 Å². The molecule has 1 saturated heterocycles. The smallest absolute Gasteiger partial charge is 0.220 e. The lowest BCUT2D eigenvalue weighted by molar-refractivity contribution is 0.0693. The molecule has 3 heterocycles. The van der Waals surface area contributed by atoms with Crippen LogP contribution in [-0.4, -0.2) is 47.0 Å². The van der Waals surface area contributed by atoms with Crippen LogP contribution in [0.15, 0.2) is 12.2 Å². The Morgan fingerprint density at radius 2 is 2.18 bits per heavy atom. The number of nitrogens with zero attached hydrogens (tertiary/aromatic N) is 2. The number of hydrogen-bond acceptors (Lipinski definition) is 6. The van der Waals surface area contributed by atoms with Crippen molar-refractivity contribution in [2.24, 2.45) is 0 Å². The molecule has 2 N–H and O–H groups in total. The van der Waals surface area contributed by atoms with Gasteiger partial charge in [-0.05, 0) is 25.7 Å². The molecule has 6 nitrogen and oxygen atoms in total. The SMILES string of the molecule is OC1COCC1Oc1nc(C2CC=CCN2)nc2c1CCC2. The van der Waals surface area contributed by atoms with Crippen molar-refractivity contribution in [1.29, 1.82) is 0 Å². The van der Waals surface area contributed by atoms with Crippen molar-refractivity contribution >= 4 is 0 Å². The van der Waals surface area contributed by atoms with Gasteiger partial charge in [0.25, 0.3) is 0 Å². The number of rotatable bonds is 3. The van der Waals surface area contributed by atoms with Gasteiger partial charge in [-0.3, -0.25) is 0 Å². The van der Waals surface area contributed by atoms with Gasteiger partial charge in [-0.25, -0.2) is 4.98 Å². The van der Waals surface area contributed by atoms with Gasteiger partial charge in [0.05, 0.1) is 24.9 Å². The predicted molar refractivity (Wildman–Crippen MR) is 79.8 cm³/mol. The van der Waals surface area contributed by atoms with E-state index < -0.39 is 6.10 Å². The maximum atomic E-state index is 9.90. The molecule has 0 spiro atoms. The molecule has 0 aromatic carbocycles. The highest BCUT2D eigenvalue weighted by Gasteiger charge is 2.31. The Morgan fingerprint density at radius 1 is 1.23 bits per heavy atom. The number of nitrogens with one attached hydrogen (secondary N) is 1. The van der Waals surface area contributed by atoms with Crippen LogP contribution >= 0.6 is 0 Å². The van der Waals surface area contributed by atoms with Gasteiger partial charge in [0.2, 0.25) is 5.88 Å². The molecule has 0 saturated carbocycles. The van der Waals surface area contributed by atoms with Gasteiger partial charge in [0.1, 0.15) is 11.9 Å². The topological polar surface area (TPSA) is 76.5 Å². The Morgan fingerprint density at radius 3 is 2.95 bits per heavy atom. The van der Waals surface area contributed by atoms with Crippen molar-refractivity contribution in [1.82, 2.24) is 15.3 Å². The minimum atomic E-state index is -0.578. The van der Waals surface area contributed by atoms with Crippen molar-refractivity contribution in [3.05, 3.63) is 29.2 Å². The second-order valence-electron chi connectivity index (χ2n) is 6.09. The lowest BCUT2D eigenvalue weighted by atomic mass is 10.1. The highest BCUT2D eigenvalue weighted by molar-refractivity contribution is 5.35. The predicted octanol–water partition coefficient (Wildman–Crippen LogP) is 0.694. The molecule has 0 radical (unpaired) electrons. The quantitative estimate of drug-likeness (QED) is 0.800. The third-order valence-corrected chi connectivity index (χ3v) is 4.51. The zero-order chi connectivity index (χ0) is 14.9. The lowest BCUT2D eigenvalue weighted by Gasteiger charge is -2.22. The Labute approximate surface area is 129 Å². The molecule has 3 unspecified atom stereocenters. The highest BCUT2D eigenvalue weighted by atomic mass is 16.6. The van der Waals surface area contributed by atoms with Gasteiger partial charge in [-0.2, -0.15) is 4.98 Å². The van der Waals surface area contributed by atoms with Crippen molar-refractivity contribution in [2.75, 3.05) is 19.8 Å². The summed E-state index contributed by atoms with van der Waals surface area (Å²) in [6.07, 6.45) is 7.29. The summed E-state index contributed by atoms with van der Waals surface area (Å²) in [5, 5.41) is 13.3. The lowest BCUT2D eigenvalue weighted by Crippen LogP contribution is -2.31. The number of aromatic nitrogens is 2. The van der Waals surface area contributed by atoms with E-state index in [-0.39, 0.29) is 12.1 Å². The Balaban J connectivity index is 1.64. The Hall–Kier alpha value is -1.50. The molecule has 4 rings (SSSR count). The maximum Gasteiger partial charge on any atom is 0.220 e. The Kier molecular flexibility index (Phi) is 3.82. The van der Waals surface area contributed by atoms with E-state index in [9.17, 15) is 5.11 Å². The summed E-state index contributed by atoms with van der Waals surface area (Å²) in [5.74, 6) is 1.44. The molecular weight excluding hydrogens is 282 g/mol. The van der Waals surface area contributed by atoms with Crippen molar-refractivity contribution in [3.8, 4) is 5.88 Å². The van der Waals surface area contributed by atoms with Crippen LogP contribution in [0.3, 0.4) is 0 Å². The molecule has 0 amide bonds. The number of ether oxygens (including phenoxy) is 2. The molecule has 1 fully saturated rings. The number of aliphatic hydroxyl groups excluding tert-OH is 1. The van der Waals surface area contributed by atoms with Gasteiger partial charge >= 0.3 is 0 Å². The second-order valence-corrected chi connectivity index (χ2v) is 6.09. The average molecular weight is 303 g/mol. The van der Waals surface area contributed by atoms with Crippen LogP contribution in [0, 0.1) is 0 Å². The van der Waals surface area contributed by atoms with Crippen LogP contribution in [0.1, 0.15) is 36.0 Å².